The van der Waals surface area contributed by atoms with Crippen LogP contribution in [-0.2, 0) is 6.54 Å². The third-order valence-electron chi connectivity index (χ3n) is 4.94. The number of hydrogen-bond donors (Lipinski definition) is 2. The van der Waals surface area contributed by atoms with Crippen molar-refractivity contribution in [1.29, 1.82) is 0 Å². The van der Waals surface area contributed by atoms with Crippen LogP contribution in [0, 0.1) is 5.92 Å². The zero-order valence-electron chi connectivity index (χ0n) is 14.5. The molecule has 0 bridgehead atoms. The van der Waals surface area contributed by atoms with Gasteiger partial charge in [0, 0.05) is 35.7 Å². The van der Waals surface area contributed by atoms with Gasteiger partial charge < -0.3 is 16.5 Å². The van der Waals surface area contributed by atoms with E-state index in [0.717, 1.165) is 41.7 Å². The highest BCUT2D eigenvalue weighted by Gasteiger charge is 2.28. The largest absolute Gasteiger partial charge is 0.397 e. The molecule has 4 N–H and O–H groups in total. The highest BCUT2D eigenvalue weighted by Crippen LogP contribution is 2.38. The fraction of sp³-hybridized carbons (Fsp3) is 0.500. The molecule has 0 aliphatic carbocycles. The lowest BCUT2D eigenvalue weighted by molar-refractivity contribution is 0.316. The van der Waals surface area contributed by atoms with E-state index >= 15 is 0 Å². The second kappa shape index (κ2) is 5.80. The second-order valence-electron chi connectivity index (χ2n) is 6.65. The van der Waals surface area contributed by atoms with Gasteiger partial charge in [0.2, 0.25) is 0 Å². The van der Waals surface area contributed by atoms with Gasteiger partial charge in [-0.1, -0.05) is 13.8 Å². The van der Waals surface area contributed by atoms with Gasteiger partial charge in [-0.25, -0.2) is 4.99 Å². The van der Waals surface area contributed by atoms with Crippen LogP contribution in [-0.4, -0.2) is 21.5 Å². The van der Waals surface area contributed by atoms with Crippen molar-refractivity contribution >= 4 is 28.1 Å². The Morgan fingerprint density at radius 3 is 2.52 bits per heavy atom. The molecule has 124 valence electrons. The molecule has 5 nitrogen and oxygen atoms in total. The van der Waals surface area contributed by atoms with E-state index in [1.165, 1.54) is 11.4 Å². The van der Waals surface area contributed by atoms with Crippen molar-refractivity contribution in [2.75, 3.05) is 11.6 Å². The number of aliphatic imine (C=N–C) groups is 1. The minimum absolute atomic E-state index is 0.402. The van der Waals surface area contributed by atoms with E-state index in [-0.39, 0.29) is 0 Å². The van der Waals surface area contributed by atoms with Gasteiger partial charge in [0.05, 0.1) is 16.9 Å². The van der Waals surface area contributed by atoms with Gasteiger partial charge in [0.25, 0.3) is 0 Å². The standard InChI is InChI=1S/C18H27N5/c1-5-12(6-2)18-21-15-7-8-16-17(14(19)10-23(16)20)13(15)9-22(18)11(3)4/h7-8,10-12H,5-6,9,19-20H2,1-4H3. The van der Waals surface area contributed by atoms with E-state index < -0.39 is 0 Å². The van der Waals surface area contributed by atoms with Crippen LogP contribution in [0.2, 0.25) is 0 Å². The van der Waals surface area contributed by atoms with Crippen LogP contribution in [0.25, 0.3) is 10.9 Å². The predicted octanol–water partition coefficient (Wildman–Crippen LogP) is 3.63. The number of aromatic nitrogens is 1. The summed E-state index contributed by atoms with van der Waals surface area (Å²) >= 11 is 0. The van der Waals surface area contributed by atoms with Gasteiger partial charge >= 0.3 is 0 Å². The molecule has 0 unspecified atom stereocenters. The first-order chi connectivity index (χ1) is 11.0. The van der Waals surface area contributed by atoms with Crippen LogP contribution < -0.4 is 11.6 Å². The zero-order valence-corrected chi connectivity index (χ0v) is 14.5. The molecule has 3 rings (SSSR count). The molecule has 2 heterocycles. The molecule has 0 radical (unpaired) electrons. The van der Waals surface area contributed by atoms with Crippen molar-refractivity contribution in [3.63, 3.8) is 0 Å². The second-order valence-corrected chi connectivity index (χ2v) is 6.65. The summed E-state index contributed by atoms with van der Waals surface area (Å²) in [6.45, 7) is 9.76. The summed E-state index contributed by atoms with van der Waals surface area (Å²) in [7, 11) is 0. The Balaban J connectivity index is 2.21. The SMILES string of the molecule is CCC(CC)C1=Nc2ccc3c(c(N)cn3N)c2CN1C(C)C. The molecular weight excluding hydrogens is 286 g/mol. The van der Waals surface area contributed by atoms with Crippen molar-refractivity contribution < 1.29 is 0 Å². The molecule has 1 aromatic heterocycles. The predicted molar refractivity (Wildman–Crippen MR) is 98.3 cm³/mol. The van der Waals surface area contributed by atoms with Crippen molar-refractivity contribution in [2.45, 2.75) is 53.1 Å². The van der Waals surface area contributed by atoms with Gasteiger partial charge in [-0.15, -0.1) is 0 Å². The number of benzene rings is 1. The molecule has 0 saturated carbocycles. The van der Waals surface area contributed by atoms with Crippen molar-refractivity contribution in [3.05, 3.63) is 23.9 Å². The van der Waals surface area contributed by atoms with E-state index in [0.29, 0.717) is 12.0 Å². The molecule has 0 spiro atoms. The number of rotatable bonds is 4. The minimum atomic E-state index is 0.402. The number of amidine groups is 1. The van der Waals surface area contributed by atoms with Crippen molar-refractivity contribution in [2.24, 2.45) is 10.9 Å². The van der Waals surface area contributed by atoms with Crippen LogP contribution in [0.3, 0.4) is 0 Å². The Bertz CT molecular complexity index is 752. The Morgan fingerprint density at radius 1 is 1.22 bits per heavy atom. The van der Waals surface area contributed by atoms with Crippen LogP contribution >= 0.6 is 0 Å². The lowest BCUT2D eigenvalue weighted by Crippen LogP contribution is -2.42. The topological polar surface area (TPSA) is 72.6 Å². The Hall–Kier alpha value is -2.17. The maximum Gasteiger partial charge on any atom is 0.108 e. The summed E-state index contributed by atoms with van der Waals surface area (Å²) in [4.78, 5) is 7.44. The molecule has 2 aromatic rings. The van der Waals surface area contributed by atoms with E-state index in [1.54, 1.807) is 10.9 Å². The molecule has 1 aromatic carbocycles. The molecule has 1 aliphatic rings. The third-order valence-corrected chi connectivity index (χ3v) is 4.94. The van der Waals surface area contributed by atoms with Crippen LogP contribution in [0.4, 0.5) is 11.4 Å². The summed E-state index contributed by atoms with van der Waals surface area (Å²) in [6, 6.07) is 4.49. The molecule has 0 atom stereocenters. The molecular formula is C18H27N5. The summed E-state index contributed by atoms with van der Waals surface area (Å²) in [5, 5.41) is 1.04. The first-order valence-corrected chi connectivity index (χ1v) is 8.50. The van der Waals surface area contributed by atoms with E-state index in [1.807, 2.05) is 6.07 Å². The molecule has 0 saturated heterocycles. The lowest BCUT2D eigenvalue weighted by atomic mass is 9.96. The molecule has 0 fully saturated rings. The van der Waals surface area contributed by atoms with E-state index in [9.17, 15) is 0 Å². The molecule has 1 aliphatic heterocycles. The number of hydrogen-bond acceptors (Lipinski definition) is 4. The zero-order chi connectivity index (χ0) is 16.7. The van der Waals surface area contributed by atoms with E-state index in [2.05, 4.69) is 38.7 Å². The summed E-state index contributed by atoms with van der Waals surface area (Å²) in [5.41, 5.74) is 10.1. The van der Waals surface area contributed by atoms with Crippen molar-refractivity contribution in [1.82, 2.24) is 9.58 Å². The number of nitrogens with two attached hydrogens (primary N) is 2. The molecule has 23 heavy (non-hydrogen) atoms. The van der Waals surface area contributed by atoms with Crippen LogP contribution in [0.5, 0.6) is 0 Å². The normalized spacial score (nSPS) is 14.7. The quantitative estimate of drug-likeness (QED) is 0.847. The first-order valence-electron chi connectivity index (χ1n) is 8.50. The fourth-order valence-corrected chi connectivity index (χ4v) is 3.58. The highest BCUT2D eigenvalue weighted by atomic mass is 15.3. The lowest BCUT2D eigenvalue weighted by Gasteiger charge is -2.37. The third kappa shape index (κ3) is 2.44. The van der Waals surface area contributed by atoms with Gasteiger partial charge in [0.15, 0.2) is 0 Å². The smallest absolute Gasteiger partial charge is 0.108 e. The molecule has 0 amide bonds. The summed E-state index contributed by atoms with van der Waals surface area (Å²) in [5.74, 6) is 7.72. The van der Waals surface area contributed by atoms with Crippen LogP contribution in [0.15, 0.2) is 23.3 Å². The average Bonchev–Trinajstić information content (AvgIpc) is 2.82. The summed E-state index contributed by atoms with van der Waals surface area (Å²) < 4.78 is 1.60. The minimum Gasteiger partial charge on any atom is -0.397 e. The molecule has 5 heteroatoms. The van der Waals surface area contributed by atoms with Gasteiger partial charge in [-0.2, -0.15) is 0 Å². The van der Waals surface area contributed by atoms with Crippen LogP contribution in [0.1, 0.15) is 46.1 Å². The van der Waals surface area contributed by atoms with E-state index in [4.69, 9.17) is 16.6 Å². The van der Waals surface area contributed by atoms with Gasteiger partial charge in [-0.05, 0) is 38.8 Å². The Kier molecular flexibility index (Phi) is 3.96. The van der Waals surface area contributed by atoms with Crippen molar-refractivity contribution in [3.8, 4) is 0 Å². The average molecular weight is 313 g/mol. The summed E-state index contributed by atoms with van der Waals surface area (Å²) in [6.07, 6.45) is 4.00. The number of nitrogens with zero attached hydrogens (tertiary/aromatic N) is 3. The van der Waals surface area contributed by atoms with Gasteiger partial charge in [0.1, 0.15) is 5.84 Å². The maximum atomic E-state index is 6.20. The number of fused-ring (bicyclic) bond motifs is 3. The number of anilines is 1. The van der Waals surface area contributed by atoms with Gasteiger partial charge in [-0.3, -0.25) is 4.68 Å². The number of nitrogen functional groups attached to an aromatic ring is 2. The maximum absolute atomic E-state index is 6.20. The highest BCUT2D eigenvalue weighted by molar-refractivity contribution is 6.00. The fourth-order valence-electron chi connectivity index (χ4n) is 3.58. The Morgan fingerprint density at radius 2 is 1.91 bits per heavy atom. The first kappa shape index (κ1) is 15.7. The Labute approximate surface area is 137 Å². The monoisotopic (exact) mass is 313 g/mol.